The molecule has 0 saturated carbocycles. The Morgan fingerprint density at radius 3 is 2.39 bits per heavy atom. The Hall–Kier alpha value is -3.27. The molecular formula is C24H24N2O2. The first-order valence-electron chi connectivity index (χ1n) is 9.39. The van der Waals surface area contributed by atoms with Gasteiger partial charge in [0.15, 0.2) is 11.5 Å². The Bertz CT molecular complexity index is 1110. The number of fused-ring (bicyclic) bond motifs is 1. The van der Waals surface area contributed by atoms with Crippen molar-refractivity contribution in [2.45, 2.75) is 19.9 Å². The second-order valence-corrected chi connectivity index (χ2v) is 6.90. The maximum Gasteiger partial charge on any atom is 0.161 e. The molecule has 4 rings (SSSR count). The Morgan fingerprint density at radius 2 is 1.61 bits per heavy atom. The molecule has 0 saturated heterocycles. The third-order valence-electron chi connectivity index (χ3n) is 5.13. The summed E-state index contributed by atoms with van der Waals surface area (Å²) in [6.45, 7) is 2.96. The minimum absolute atomic E-state index is 0.723. The maximum atomic E-state index is 5.46. The topological polar surface area (TPSA) is 36.3 Å². The van der Waals surface area contributed by atoms with E-state index in [1.807, 2.05) is 18.2 Å². The van der Waals surface area contributed by atoms with Crippen LogP contribution in [0.2, 0.25) is 0 Å². The summed E-state index contributed by atoms with van der Waals surface area (Å²) in [4.78, 5) is 4.92. The molecule has 4 nitrogen and oxygen atoms in total. The number of para-hydroxylation sites is 2. The van der Waals surface area contributed by atoms with E-state index in [1.54, 1.807) is 14.2 Å². The van der Waals surface area contributed by atoms with E-state index in [0.717, 1.165) is 46.9 Å². The highest BCUT2D eigenvalue weighted by atomic mass is 16.5. The number of aryl methyl sites for hydroxylation is 1. The summed E-state index contributed by atoms with van der Waals surface area (Å²) in [6.07, 6.45) is 0.723. The number of methoxy groups -OCH3 is 2. The van der Waals surface area contributed by atoms with Gasteiger partial charge in [-0.1, -0.05) is 42.5 Å². The number of benzene rings is 3. The minimum atomic E-state index is 0.723. The Balaban J connectivity index is 1.76. The summed E-state index contributed by atoms with van der Waals surface area (Å²) >= 11 is 0. The highest BCUT2D eigenvalue weighted by molar-refractivity contribution is 5.76. The molecule has 0 N–H and O–H groups in total. The van der Waals surface area contributed by atoms with Crippen molar-refractivity contribution in [1.29, 1.82) is 0 Å². The molecule has 142 valence electrons. The minimum Gasteiger partial charge on any atom is -0.493 e. The van der Waals surface area contributed by atoms with Crippen molar-refractivity contribution in [2.75, 3.05) is 14.2 Å². The Kier molecular flexibility index (Phi) is 5.02. The molecule has 0 spiro atoms. The van der Waals surface area contributed by atoms with Crippen LogP contribution in [0.5, 0.6) is 11.5 Å². The lowest BCUT2D eigenvalue weighted by molar-refractivity contribution is 0.354. The molecule has 0 aliphatic rings. The van der Waals surface area contributed by atoms with Gasteiger partial charge in [0.05, 0.1) is 25.3 Å². The number of hydrogen-bond acceptors (Lipinski definition) is 3. The van der Waals surface area contributed by atoms with E-state index in [2.05, 4.69) is 60.0 Å². The van der Waals surface area contributed by atoms with Gasteiger partial charge in [-0.2, -0.15) is 0 Å². The fourth-order valence-corrected chi connectivity index (χ4v) is 3.57. The van der Waals surface area contributed by atoms with Crippen molar-refractivity contribution < 1.29 is 9.47 Å². The van der Waals surface area contributed by atoms with Crippen molar-refractivity contribution in [3.8, 4) is 11.5 Å². The molecular weight excluding hydrogens is 348 g/mol. The first-order chi connectivity index (χ1) is 13.7. The van der Waals surface area contributed by atoms with Crippen LogP contribution in [0.25, 0.3) is 11.0 Å². The summed E-state index contributed by atoms with van der Waals surface area (Å²) in [5.41, 5.74) is 5.91. The van der Waals surface area contributed by atoms with Gasteiger partial charge >= 0.3 is 0 Å². The van der Waals surface area contributed by atoms with Gasteiger partial charge in [0.1, 0.15) is 5.82 Å². The fraction of sp³-hybridized carbons (Fsp3) is 0.208. The number of imidazole rings is 1. The van der Waals surface area contributed by atoms with Gasteiger partial charge in [-0.05, 0) is 47.9 Å². The number of ether oxygens (including phenoxy) is 2. The van der Waals surface area contributed by atoms with Crippen LogP contribution in [0, 0.1) is 6.92 Å². The van der Waals surface area contributed by atoms with E-state index in [-0.39, 0.29) is 0 Å². The first-order valence-corrected chi connectivity index (χ1v) is 9.39. The summed E-state index contributed by atoms with van der Waals surface area (Å²) in [5.74, 6) is 2.51. The van der Waals surface area contributed by atoms with Gasteiger partial charge in [0.2, 0.25) is 0 Å². The standard InChI is InChI=1S/C24H24N2O2/c1-17-8-4-5-9-19(17)16-26-21-11-7-6-10-20(21)25-24(26)15-18-12-13-22(27-2)23(14-18)28-3/h4-14H,15-16H2,1-3H3. The molecule has 1 aromatic heterocycles. The zero-order valence-corrected chi connectivity index (χ0v) is 16.5. The molecule has 0 bridgehead atoms. The second-order valence-electron chi connectivity index (χ2n) is 6.90. The lowest BCUT2D eigenvalue weighted by atomic mass is 10.1. The van der Waals surface area contributed by atoms with Crippen LogP contribution >= 0.6 is 0 Å². The van der Waals surface area contributed by atoms with Crippen LogP contribution in [-0.2, 0) is 13.0 Å². The summed E-state index contributed by atoms with van der Waals surface area (Å²) < 4.78 is 13.1. The first kappa shape index (κ1) is 18.1. The van der Waals surface area contributed by atoms with Crippen LogP contribution in [0.4, 0.5) is 0 Å². The number of nitrogens with zero attached hydrogens (tertiary/aromatic N) is 2. The predicted octanol–water partition coefficient (Wildman–Crippen LogP) is 5.00. The van der Waals surface area contributed by atoms with E-state index in [9.17, 15) is 0 Å². The summed E-state index contributed by atoms with van der Waals surface area (Å²) in [7, 11) is 3.31. The van der Waals surface area contributed by atoms with E-state index in [1.165, 1.54) is 11.1 Å². The van der Waals surface area contributed by atoms with Crippen LogP contribution in [0.15, 0.2) is 66.7 Å². The second kappa shape index (κ2) is 7.77. The third-order valence-corrected chi connectivity index (χ3v) is 5.13. The van der Waals surface area contributed by atoms with Gasteiger partial charge in [0, 0.05) is 13.0 Å². The maximum absolute atomic E-state index is 5.46. The molecule has 0 unspecified atom stereocenters. The molecule has 0 aliphatic heterocycles. The molecule has 0 fully saturated rings. The number of aromatic nitrogens is 2. The molecule has 0 radical (unpaired) electrons. The Morgan fingerprint density at radius 1 is 0.857 bits per heavy atom. The zero-order chi connectivity index (χ0) is 19.5. The third kappa shape index (κ3) is 3.46. The van der Waals surface area contributed by atoms with Crippen molar-refractivity contribution in [3.05, 3.63) is 89.2 Å². The average Bonchev–Trinajstić information content (AvgIpc) is 3.06. The summed E-state index contributed by atoms with van der Waals surface area (Å²) in [5, 5.41) is 0. The van der Waals surface area contributed by atoms with Crippen LogP contribution in [-0.4, -0.2) is 23.8 Å². The highest BCUT2D eigenvalue weighted by Gasteiger charge is 2.14. The van der Waals surface area contributed by atoms with Gasteiger partial charge in [-0.15, -0.1) is 0 Å². The number of hydrogen-bond donors (Lipinski definition) is 0. The van der Waals surface area contributed by atoms with E-state index < -0.39 is 0 Å². The van der Waals surface area contributed by atoms with Gasteiger partial charge in [-0.3, -0.25) is 0 Å². The van der Waals surface area contributed by atoms with Gasteiger partial charge in [-0.25, -0.2) is 4.98 Å². The SMILES string of the molecule is COc1ccc(Cc2nc3ccccc3n2Cc2ccccc2C)cc1OC. The van der Waals surface area contributed by atoms with Gasteiger partial charge < -0.3 is 14.0 Å². The van der Waals surface area contributed by atoms with Crippen molar-refractivity contribution in [1.82, 2.24) is 9.55 Å². The Labute approximate surface area is 165 Å². The average molecular weight is 372 g/mol. The molecule has 0 aliphatic carbocycles. The van der Waals surface area contributed by atoms with E-state index in [0.29, 0.717) is 0 Å². The van der Waals surface area contributed by atoms with Crippen molar-refractivity contribution in [2.24, 2.45) is 0 Å². The van der Waals surface area contributed by atoms with Crippen LogP contribution in [0.1, 0.15) is 22.5 Å². The largest absolute Gasteiger partial charge is 0.493 e. The zero-order valence-electron chi connectivity index (χ0n) is 16.5. The quantitative estimate of drug-likeness (QED) is 0.478. The van der Waals surface area contributed by atoms with E-state index in [4.69, 9.17) is 14.5 Å². The molecule has 0 atom stereocenters. The molecule has 4 aromatic rings. The van der Waals surface area contributed by atoms with Crippen molar-refractivity contribution >= 4 is 11.0 Å². The molecule has 28 heavy (non-hydrogen) atoms. The normalized spacial score (nSPS) is 11.0. The molecule has 1 heterocycles. The predicted molar refractivity (Wildman–Crippen MR) is 112 cm³/mol. The molecule has 0 amide bonds. The lowest BCUT2D eigenvalue weighted by Crippen LogP contribution is -2.07. The monoisotopic (exact) mass is 372 g/mol. The molecule has 4 heteroatoms. The van der Waals surface area contributed by atoms with Crippen LogP contribution < -0.4 is 9.47 Å². The van der Waals surface area contributed by atoms with Gasteiger partial charge in [0.25, 0.3) is 0 Å². The molecule has 3 aromatic carbocycles. The fourth-order valence-electron chi connectivity index (χ4n) is 3.57. The summed E-state index contributed by atoms with van der Waals surface area (Å²) in [6, 6.07) is 22.9. The number of rotatable bonds is 6. The van der Waals surface area contributed by atoms with Crippen LogP contribution in [0.3, 0.4) is 0 Å². The highest BCUT2D eigenvalue weighted by Crippen LogP contribution is 2.29. The smallest absolute Gasteiger partial charge is 0.161 e. The van der Waals surface area contributed by atoms with Crippen molar-refractivity contribution in [3.63, 3.8) is 0 Å². The van der Waals surface area contributed by atoms with E-state index >= 15 is 0 Å². The lowest BCUT2D eigenvalue weighted by Gasteiger charge is -2.13.